The minimum atomic E-state index is -0.673. The molecule has 0 atom stereocenters. The van der Waals surface area contributed by atoms with E-state index < -0.39 is 5.97 Å². The maximum absolute atomic E-state index is 11.1. The monoisotopic (exact) mass is 191 g/mol. The molecule has 0 saturated carbocycles. The summed E-state index contributed by atoms with van der Waals surface area (Å²) in [6.07, 6.45) is 4.63. The van der Waals surface area contributed by atoms with Crippen LogP contribution >= 0.6 is 0 Å². The van der Waals surface area contributed by atoms with E-state index in [1.54, 1.807) is 18.2 Å². The summed E-state index contributed by atoms with van der Waals surface area (Å²) in [5.74, 6) is -0.673. The third-order valence-corrected chi connectivity index (χ3v) is 1.61. The molecule has 1 aliphatic heterocycles. The van der Waals surface area contributed by atoms with Crippen molar-refractivity contribution < 1.29 is 9.53 Å². The second-order valence-corrected chi connectivity index (χ2v) is 2.51. The molecule has 1 heterocycles. The highest BCUT2D eigenvalue weighted by atomic mass is 16.5. The molecule has 0 saturated heterocycles. The third kappa shape index (κ3) is 1.93. The second-order valence-electron chi connectivity index (χ2n) is 2.51. The minimum Gasteiger partial charge on any atom is -0.465 e. The normalized spacial score (nSPS) is 17.6. The van der Waals surface area contributed by atoms with Crippen LogP contribution in [0.1, 0.15) is 0 Å². The molecule has 5 nitrogen and oxygen atoms in total. The predicted octanol–water partition coefficient (Wildman–Crippen LogP) is -0.103. The van der Waals surface area contributed by atoms with Crippen molar-refractivity contribution in [1.29, 1.82) is 5.26 Å². The lowest BCUT2D eigenvalue weighted by molar-refractivity contribution is -0.135. The maximum atomic E-state index is 11.1. The number of methoxy groups -OCH3 is 1. The molecule has 0 amide bonds. The van der Waals surface area contributed by atoms with Gasteiger partial charge >= 0.3 is 5.97 Å². The van der Waals surface area contributed by atoms with E-state index in [0.717, 1.165) is 0 Å². The number of allylic oxidation sites excluding steroid dienone is 2. The number of carbonyl (C=O) groups is 1. The van der Waals surface area contributed by atoms with E-state index in [0.29, 0.717) is 11.4 Å². The molecule has 0 spiro atoms. The van der Waals surface area contributed by atoms with Crippen LogP contribution in [0.4, 0.5) is 0 Å². The van der Waals surface area contributed by atoms with E-state index in [1.165, 1.54) is 13.3 Å². The molecular weight excluding hydrogens is 182 g/mol. The SMILES string of the molecule is COC(=O)/C(C#N)=C1/C=CC(N)=CN1. The van der Waals surface area contributed by atoms with Gasteiger partial charge in [-0.15, -0.1) is 0 Å². The Morgan fingerprint density at radius 1 is 1.64 bits per heavy atom. The van der Waals surface area contributed by atoms with Gasteiger partial charge < -0.3 is 15.8 Å². The highest BCUT2D eigenvalue weighted by Crippen LogP contribution is 2.09. The Morgan fingerprint density at radius 2 is 2.36 bits per heavy atom. The van der Waals surface area contributed by atoms with Gasteiger partial charge in [-0.2, -0.15) is 5.26 Å². The van der Waals surface area contributed by atoms with Crippen molar-refractivity contribution in [3.63, 3.8) is 0 Å². The summed E-state index contributed by atoms with van der Waals surface area (Å²) in [5.41, 5.74) is 6.27. The Hall–Kier alpha value is -2.22. The Morgan fingerprint density at radius 3 is 2.79 bits per heavy atom. The zero-order valence-corrected chi connectivity index (χ0v) is 7.57. The van der Waals surface area contributed by atoms with Crippen LogP contribution in [0.15, 0.2) is 35.3 Å². The Labute approximate surface area is 81.1 Å². The average Bonchev–Trinajstić information content (AvgIpc) is 2.21. The number of rotatable bonds is 1. The lowest BCUT2D eigenvalue weighted by Gasteiger charge is -2.09. The van der Waals surface area contributed by atoms with Gasteiger partial charge in [0.15, 0.2) is 5.57 Å². The topological polar surface area (TPSA) is 88.1 Å². The van der Waals surface area contributed by atoms with Crippen LogP contribution in [0.3, 0.4) is 0 Å². The number of ether oxygens (including phenoxy) is 1. The number of esters is 1. The quantitative estimate of drug-likeness (QED) is 0.343. The minimum absolute atomic E-state index is 0.0764. The van der Waals surface area contributed by atoms with E-state index in [9.17, 15) is 4.79 Å². The summed E-state index contributed by atoms with van der Waals surface area (Å²) in [6, 6.07) is 1.76. The molecule has 0 bridgehead atoms. The van der Waals surface area contributed by atoms with Crippen molar-refractivity contribution in [3.05, 3.63) is 35.3 Å². The number of nitrogens with zero attached hydrogens (tertiary/aromatic N) is 1. The largest absolute Gasteiger partial charge is 0.465 e. The fourth-order valence-corrected chi connectivity index (χ4v) is 0.910. The number of nitrogens with two attached hydrogens (primary N) is 1. The molecule has 0 unspecified atom stereocenters. The van der Waals surface area contributed by atoms with Gasteiger partial charge in [-0.25, -0.2) is 4.79 Å². The van der Waals surface area contributed by atoms with Gasteiger partial charge in [0.2, 0.25) is 0 Å². The summed E-state index contributed by atoms with van der Waals surface area (Å²) in [6.45, 7) is 0. The van der Waals surface area contributed by atoms with Gasteiger partial charge in [0.1, 0.15) is 6.07 Å². The average molecular weight is 191 g/mol. The number of hydrogen-bond acceptors (Lipinski definition) is 5. The first-order chi connectivity index (χ1) is 6.69. The van der Waals surface area contributed by atoms with Crippen LogP contribution in [0.2, 0.25) is 0 Å². The Kier molecular flexibility index (Phi) is 2.92. The fraction of sp³-hybridized carbons (Fsp3) is 0.111. The van der Waals surface area contributed by atoms with Crippen molar-refractivity contribution >= 4 is 5.97 Å². The smallest absolute Gasteiger partial charge is 0.350 e. The van der Waals surface area contributed by atoms with Gasteiger partial charge in [0.25, 0.3) is 0 Å². The molecule has 72 valence electrons. The van der Waals surface area contributed by atoms with E-state index in [4.69, 9.17) is 11.0 Å². The standard InChI is InChI=1S/C9H9N3O2/c1-14-9(13)7(4-10)8-3-2-6(11)5-12-8/h2-3,5,12H,11H2,1H3/b8-7-. The van der Waals surface area contributed by atoms with Gasteiger partial charge in [-0.1, -0.05) is 0 Å². The molecule has 0 aliphatic carbocycles. The van der Waals surface area contributed by atoms with Crippen molar-refractivity contribution in [2.24, 2.45) is 5.73 Å². The first-order valence-corrected chi connectivity index (χ1v) is 3.82. The number of carbonyl (C=O) groups excluding carboxylic acids is 1. The molecule has 0 aromatic rings. The summed E-state index contributed by atoms with van der Waals surface area (Å²) in [5, 5.41) is 11.4. The second kappa shape index (κ2) is 4.14. The van der Waals surface area contributed by atoms with Crippen molar-refractivity contribution in [1.82, 2.24) is 5.32 Å². The van der Waals surface area contributed by atoms with Crippen molar-refractivity contribution in [2.75, 3.05) is 7.11 Å². The lowest BCUT2D eigenvalue weighted by atomic mass is 10.1. The fourth-order valence-electron chi connectivity index (χ4n) is 0.910. The van der Waals surface area contributed by atoms with Crippen LogP contribution in [0.5, 0.6) is 0 Å². The zero-order chi connectivity index (χ0) is 10.6. The number of nitrogens with one attached hydrogen (secondary N) is 1. The van der Waals surface area contributed by atoms with Crippen LogP contribution in [-0.2, 0) is 9.53 Å². The van der Waals surface area contributed by atoms with Crippen LogP contribution in [0.25, 0.3) is 0 Å². The molecule has 0 fully saturated rings. The number of hydrogen-bond donors (Lipinski definition) is 2. The van der Waals surface area contributed by atoms with E-state index in [-0.39, 0.29) is 5.57 Å². The first kappa shape index (κ1) is 9.86. The first-order valence-electron chi connectivity index (χ1n) is 3.82. The number of dihydropyridines is 1. The van der Waals surface area contributed by atoms with Crippen LogP contribution in [0, 0.1) is 11.3 Å². The van der Waals surface area contributed by atoms with Crippen LogP contribution in [-0.4, -0.2) is 13.1 Å². The molecule has 5 heteroatoms. The van der Waals surface area contributed by atoms with Gasteiger partial charge in [-0.05, 0) is 12.2 Å². The molecular formula is C9H9N3O2. The van der Waals surface area contributed by atoms with Gasteiger partial charge in [-0.3, -0.25) is 0 Å². The van der Waals surface area contributed by atoms with E-state index in [2.05, 4.69) is 10.1 Å². The summed E-state index contributed by atoms with van der Waals surface area (Å²) >= 11 is 0. The molecule has 0 radical (unpaired) electrons. The maximum Gasteiger partial charge on any atom is 0.350 e. The molecule has 0 aromatic heterocycles. The van der Waals surface area contributed by atoms with E-state index in [1.807, 2.05) is 0 Å². The van der Waals surface area contributed by atoms with Gasteiger partial charge in [0.05, 0.1) is 12.8 Å². The molecule has 0 aromatic carbocycles. The van der Waals surface area contributed by atoms with Crippen molar-refractivity contribution in [3.8, 4) is 6.07 Å². The molecule has 14 heavy (non-hydrogen) atoms. The number of nitriles is 1. The predicted molar refractivity (Wildman–Crippen MR) is 49.2 cm³/mol. The molecule has 3 N–H and O–H groups in total. The van der Waals surface area contributed by atoms with Crippen LogP contribution < -0.4 is 11.1 Å². The Bertz CT molecular complexity index is 385. The summed E-state index contributed by atoms with van der Waals surface area (Å²) in [4.78, 5) is 11.1. The Balaban J connectivity index is 3.00. The summed E-state index contributed by atoms with van der Waals surface area (Å²) < 4.78 is 4.44. The highest BCUT2D eigenvalue weighted by molar-refractivity contribution is 5.94. The van der Waals surface area contributed by atoms with E-state index >= 15 is 0 Å². The molecule has 1 rings (SSSR count). The van der Waals surface area contributed by atoms with Crippen molar-refractivity contribution in [2.45, 2.75) is 0 Å². The molecule has 1 aliphatic rings. The lowest BCUT2D eigenvalue weighted by Crippen LogP contribution is -2.17. The summed E-state index contributed by atoms with van der Waals surface area (Å²) in [7, 11) is 1.22. The van der Waals surface area contributed by atoms with Gasteiger partial charge in [0, 0.05) is 11.9 Å². The zero-order valence-electron chi connectivity index (χ0n) is 7.57. The highest BCUT2D eigenvalue weighted by Gasteiger charge is 2.14. The third-order valence-electron chi connectivity index (χ3n) is 1.61.